The molecule has 6 nitrogen and oxygen atoms in total. The fourth-order valence-corrected chi connectivity index (χ4v) is 3.66. The molecule has 0 radical (unpaired) electrons. The van der Waals surface area contributed by atoms with Crippen molar-refractivity contribution in [3.05, 3.63) is 71.6 Å². The molecule has 1 aromatic carbocycles. The average molecular weight is 366 g/mol. The van der Waals surface area contributed by atoms with E-state index in [0.717, 1.165) is 39.1 Å². The first kappa shape index (κ1) is 17.9. The highest BCUT2D eigenvalue weighted by Gasteiger charge is 2.29. The van der Waals surface area contributed by atoms with E-state index in [1.165, 1.54) is 11.1 Å². The third-order valence-electron chi connectivity index (χ3n) is 5.09. The minimum Gasteiger partial charge on any atom is -0.381 e. The molecule has 0 aliphatic carbocycles. The standard InChI is InChI=1S/C21H26N4O2/c1-16-23-21(27-24-16)20(19-8-11-26-12-9-19)22-13-18-7-10-25(15-18)14-17-5-3-2-4-6-17/h2-7,10,15,19-20,22H,8-9,11-14H2,1H3/t20-/m0/s1. The Balaban J connectivity index is 1.41. The third kappa shape index (κ3) is 4.64. The second kappa shape index (κ2) is 8.50. The fraction of sp³-hybridized carbons (Fsp3) is 0.429. The van der Waals surface area contributed by atoms with Crippen LogP contribution in [-0.4, -0.2) is 27.9 Å². The van der Waals surface area contributed by atoms with Crippen LogP contribution in [0.5, 0.6) is 0 Å². The quantitative estimate of drug-likeness (QED) is 0.693. The Morgan fingerprint density at radius 1 is 1.15 bits per heavy atom. The first-order chi connectivity index (χ1) is 13.3. The molecule has 1 fully saturated rings. The molecule has 4 rings (SSSR count). The van der Waals surface area contributed by atoms with Crippen molar-refractivity contribution in [2.24, 2.45) is 5.92 Å². The summed E-state index contributed by atoms with van der Waals surface area (Å²) < 4.78 is 13.2. The molecule has 2 aromatic heterocycles. The normalized spacial score (nSPS) is 16.5. The first-order valence-electron chi connectivity index (χ1n) is 9.58. The van der Waals surface area contributed by atoms with Crippen molar-refractivity contribution >= 4 is 0 Å². The summed E-state index contributed by atoms with van der Waals surface area (Å²) in [5, 5.41) is 7.62. The van der Waals surface area contributed by atoms with E-state index < -0.39 is 0 Å². The van der Waals surface area contributed by atoms with Gasteiger partial charge in [-0.05, 0) is 42.9 Å². The maximum atomic E-state index is 5.52. The van der Waals surface area contributed by atoms with Crippen LogP contribution in [0, 0.1) is 12.8 Å². The SMILES string of the molecule is Cc1noc([C@@H](NCc2ccn(Cc3ccccc3)c2)C2CCOCC2)n1. The zero-order chi connectivity index (χ0) is 18.5. The molecule has 1 aliphatic heterocycles. The molecule has 0 unspecified atom stereocenters. The summed E-state index contributed by atoms with van der Waals surface area (Å²) in [5.74, 6) is 1.81. The zero-order valence-electron chi connectivity index (χ0n) is 15.7. The third-order valence-corrected chi connectivity index (χ3v) is 5.09. The van der Waals surface area contributed by atoms with E-state index in [1.54, 1.807) is 0 Å². The molecule has 1 atom stereocenters. The Bertz CT molecular complexity index is 837. The van der Waals surface area contributed by atoms with Gasteiger partial charge in [-0.25, -0.2) is 0 Å². The van der Waals surface area contributed by atoms with Crippen molar-refractivity contribution < 1.29 is 9.26 Å². The topological polar surface area (TPSA) is 65.1 Å². The number of ether oxygens (including phenoxy) is 1. The van der Waals surface area contributed by atoms with Gasteiger partial charge < -0.3 is 19.1 Å². The van der Waals surface area contributed by atoms with Crippen molar-refractivity contribution in [3.8, 4) is 0 Å². The van der Waals surface area contributed by atoms with Gasteiger partial charge in [0.25, 0.3) is 0 Å². The van der Waals surface area contributed by atoms with Crippen molar-refractivity contribution in [2.45, 2.75) is 38.9 Å². The molecule has 0 spiro atoms. The molecule has 1 aliphatic rings. The highest BCUT2D eigenvalue weighted by molar-refractivity contribution is 5.17. The lowest BCUT2D eigenvalue weighted by atomic mass is 9.91. The fourth-order valence-electron chi connectivity index (χ4n) is 3.66. The maximum Gasteiger partial charge on any atom is 0.244 e. The molecule has 0 bridgehead atoms. The lowest BCUT2D eigenvalue weighted by molar-refractivity contribution is 0.0485. The summed E-state index contributed by atoms with van der Waals surface area (Å²) in [6.45, 7) is 5.10. The number of aryl methyl sites for hydroxylation is 1. The van der Waals surface area contributed by atoms with Crippen LogP contribution in [0.3, 0.4) is 0 Å². The van der Waals surface area contributed by atoms with Crippen LogP contribution < -0.4 is 5.32 Å². The predicted octanol–water partition coefficient (Wildman–Crippen LogP) is 3.49. The minimum atomic E-state index is 0.0626. The van der Waals surface area contributed by atoms with Gasteiger partial charge in [-0.15, -0.1) is 0 Å². The van der Waals surface area contributed by atoms with Gasteiger partial charge in [-0.3, -0.25) is 0 Å². The molecular weight excluding hydrogens is 340 g/mol. The Morgan fingerprint density at radius 2 is 1.96 bits per heavy atom. The van der Waals surface area contributed by atoms with Gasteiger partial charge in [0.1, 0.15) is 0 Å². The van der Waals surface area contributed by atoms with Crippen LogP contribution in [0.4, 0.5) is 0 Å². The van der Waals surface area contributed by atoms with Gasteiger partial charge >= 0.3 is 0 Å². The summed E-state index contributed by atoms with van der Waals surface area (Å²) in [7, 11) is 0. The molecule has 142 valence electrons. The number of rotatable bonds is 7. The van der Waals surface area contributed by atoms with E-state index in [2.05, 4.69) is 62.8 Å². The lowest BCUT2D eigenvalue weighted by Gasteiger charge is -2.28. The van der Waals surface area contributed by atoms with Crippen LogP contribution in [-0.2, 0) is 17.8 Å². The van der Waals surface area contributed by atoms with Crippen LogP contribution in [0.25, 0.3) is 0 Å². The highest BCUT2D eigenvalue weighted by atomic mass is 16.5. The van der Waals surface area contributed by atoms with Gasteiger partial charge in [-0.2, -0.15) is 4.98 Å². The Labute approximate surface area is 159 Å². The molecule has 27 heavy (non-hydrogen) atoms. The largest absolute Gasteiger partial charge is 0.381 e. The molecular formula is C21H26N4O2. The second-order valence-electron chi connectivity index (χ2n) is 7.17. The Kier molecular flexibility index (Phi) is 5.65. The van der Waals surface area contributed by atoms with Gasteiger partial charge in [-0.1, -0.05) is 35.5 Å². The number of hydrogen-bond acceptors (Lipinski definition) is 5. The van der Waals surface area contributed by atoms with Gasteiger partial charge in [0.05, 0.1) is 6.04 Å². The average Bonchev–Trinajstić information content (AvgIpc) is 3.33. The van der Waals surface area contributed by atoms with Crippen molar-refractivity contribution in [2.75, 3.05) is 13.2 Å². The number of benzene rings is 1. The maximum absolute atomic E-state index is 5.52. The van der Waals surface area contributed by atoms with Crippen LogP contribution >= 0.6 is 0 Å². The van der Waals surface area contributed by atoms with E-state index >= 15 is 0 Å². The van der Waals surface area contributed by atoms with E-state index in [9.17, 15) is 0 Å². The summed E-state index contributed by atoms with van der Waals surface area (Å²) in [6, 6.07) is 12.7. The predicted molar refractivity (Wildman–Crippen MR) is 102 cm³/mol. The second-order valence-corrected chi connectivity index (χ2v) is 7.17. The summed E-state index contributed by atoms with van der Waals surface area (Å²) >= 11 is 0. The zero-order valence-corrected chi connectivity index (χ0v) is 15.7. The Hall–Kier alpha value is -2.44. The highest BCUT2D eigenvalue weighted by Crippen LogP contribution is 2.29. The first-order valence-corrected chi connectivity index (χ1v) is 9.58. The minimum absolute atomic E-state index is 0.0626. The van der Waals surface area contributed by atoms with Gasteiger partial charge in [0, 0.05) is 38.7 Å². The van der Waals surface area contributed by atoms with Gasteiger partial charge in [0.2, 0.25) is 5.89 Å². The smallest absolute Gasteiger partial charge is 0.244 e. The van der Waals surface area contributed by atoms with Crippen molar-refractivity contribution in [3.63, 3.8) is 0 Å². The Morgan fingerprint density at radius 3 is 2.70 bits per heavy atom. The van der Waals surface area contributed by atoms with Crippen molar-refractivity contribution in [1.29, 1.82) is 0 Å². The molecule has 6 heteroatoms. The summed E-state index contributed by atoms with van der Waals surface area (Å²) in [5.41, 5.74) is 2.55. The van der Waals surface area contributed by atoms with Crippen LogP contribution in [0.15, 0.2) is 53.3 Å². The van der Waals surface area contributed by atoms with Crippen LogP contribution in [0.2, 0.25) is 0 Å². The molecule has 3 aromatic rings. The van der Waals surface area contributed by atoms with E-state index in [1.807, 2.05) is 13.0 Å². The van der Waals surface area contributed by atoms with Crippen LogP contribution in [0.1, 0.15) is 41.7 Å². The number of nitrogens with zero attached hydrogens (tertiary/aromatic N) is 3. The summed E-state index contributed by atoms with van der Waals surface area (Å²) in [6.07, 6.45) is 6.34. The van der Waals surface area contributed by atoms with Gasteiger partial charge in [0.15, 0.2) is 5.82 Å². The molecule has 1 saturated heterocycles. The summed E-state index contributed by atoms with van der Waals surface area (Å²) in [4.78, 5) is 4.47. The number of hydrogen-bond donors (Lipinski definition) is 1. The molecule has 3 heterocycles. The lowest BCUT2D eigenvalue weighted by Crippen LogP contribution is -2.32. The van der Waals surface area contributed by atoms with E-state index in [0.29, 0.717) is 17.6 Å². The monoisotopic (exact) mass is 366 g/mol. The molecule has 0 saturated carbocycles. The van der Waals surface area contributed by atoms with Crippen molar-refractivity contribution in [1.82, 2.24) is 20.0 Å². The number of aromatic nitrogens is 3. The number of nitrogens with one attached hydrogen (secondary N) is 1. The van der Waals surface area contributed by atoms with E-state index in [4.69, 9.17) is 9.26 Å². The van der Waals surface area contributed by atoms with E-state index in [-0.39, 0.29) is 6.04 Å². The molecule has 0 amide bonds. The molecule has 1 N–H and O–H groups in total.